The van der Waals surface area contributed by atoms with Crippen molar-refractivity contribution in [3.63, 3.8) is 0 Å². The zero-order valence-electron chi connectivity index (χ0n) is 9.21. The molecule has 0 aromatic carbocycles. The molecule has 0 aliphatic carbocycles. The van der Waals surface area contributed by atoms with Gasteiger partial charge in [-0.05, 0) is 19.1 Å². The summed E-state index contributed by atoms with van der Waals surface area (Å²) in [5, 5.41) is 5.15. The van der Waals surface area contributed by atoms with Gasteiger partial charge >= 0.3 is 6.03 Å². The summed E-state index contributed by atoms with van der Waals surface area (Å²) in [6.07, 6.45) is 4.69. The van der Waals surface area contributed by atoms with E-state index in [0.717, 1.165) is 5.69 Å². The first-order chi connectivity index (χ1) is 8.24. The summed E-state index contributed by atoms with van der Waals surface area (Å²) in [6.45, 7) is 1.80. The van der Waals surface area contributed by atoms with Gasteiger partial charge in [0.05, 0.1) is 11.9 Å². The smallest absolute Gasteiger partial charge is 0.292 e. The average molecular weight is 229 g/mol. The minimum atomic E-state index is -0.399. The molecule has 6 heteroatoms. The maximum Gasteiger partial charge on any atom is 0.326 e. The van der Waals surface area contributed by atoms with E-state index in [1.165, 1.54) is 6.20 Å². The van der Waals surface area contributed by atoms with Gasteiger partial charge in [-0.2, -0.15) is 0 Å². The van der Waals surface area contributed by atoms with Crippen molar-refractivity contribution in [2.45, 2.75) is 6.92 Å². The van der Waals surface area contributed by atoms with Gasteiger partial charge in [0.2, 0.25) is 0 Å². The molecule has 17 heavy (non-hydrogen) atoms. The number of amides is 2. The molecule has 0 unspecified atom stereocenters. The quantitative estimate of drug-likeness (QED) is 0.823. The van der Waals surface area contributed by atoms with Crippen LogP contribution in [0.1, 0.15) is 5.69 Å². The van der Waals surface area contributed by atoms with Gasteiger partial charge in [0.1, 0.15) is 5.82 Å². The lowest BCUT2D eigenvalue weighted by atomic mass is 10.5. The molecule has 0 saturated carbocycles. The number of nitrogens with zero attached hydrogens (tertiary/aromatic N) is 3. The SMILES string of the molecule is Cc1cncc(NC(=O)Nc2ccccn2)n1. The third-order valence-corrected chi connectivity index (χ3v) is 1.90. The zero-order valence-corrected chi connectivity index (χ0v) is 9.21. The lowest BCUT2D eigenvalue weighted by Gasteiger charge is -2.05. The zero-order chi connectivity index (χ0) is 12.1. The third kappa shape index (κ3) is 3.23. The second-order valence-corrected chi connectivity index (χ2v) is 3.34. The van der Waals surface area contributed by atoms with Gasteiger partial charge in [-0.25, -0.2) is 14.8 Å². The van der Waals surface area contributed by atoms with E-state index in [4.69, 9.17) is 0 Å². The molecule has 0 spiro atoms. The third-order valence-electron chi connectivity index (χ3n) is 1.90. The van der Waals surface area contributed by atoms with Gasteiger partial charge in [0, 0.05) is 12.4 Å². The second-order valence-electron chi connectivity index (χ2n) is 3.34. The molecule has 2 N–H and O–H groups in total. The largest absolute Gasteiger partial charge is 0.326 e. The van der Waals surface area contributed by atoms with E-state index in [9.17, 15) is 4.79 Å². The van der Waals surface area contributed by atoms with Crippen LogP contribution in [0.2, 0.25) is 0 Å². The Bertz CT molecular complexity index is 514. The first-order valence-corrected chi connectivity index (χ1v) is 5.02. The van der Waals surface area contributed by atoms with Crippen LogP contribution in [0.3, 0.4) is 0 Å². The molecule has 0 atom stereocenters. The highest BCUT2D eigenvalue weighted by atomic mass is 16.2. The summed E-state index contributed by atoms with van der Waals surface area (Å²) in [4.78, 5) is 23.6. The van der Waals surface area contributed by atoms with Crippen LogP contribution in [0.5, 0.6) is 0 Å². The summed E-state index contributed by atoms with van der Waals surface area (Å²) in [6, 6.07) is 4.86. The van der Waals surface area contributed by atoms with Crippen LogP contribution in [-0.2, 0) is 0 Å². The number of pyridine rings is 1. The fourth-order valence-electron chi connectivity index (χ4n) is 1.22. The van der Waals surface area contributed by atoms with Crippen LogP contribution in [0.4, 0.5) is 16.4 Å². The fraction of sp³-hybridized carbons (Fsp3) is 0.0909. The molecule has 0 aliphatic rings. The Hall–Kier alpha value is -2.50. The maximum atomic E-state index is 11.6. The van der Waals surface area contributed by atoms with Gasteiger partial charge in [-0.15, -0.1) is 0 Å². The predicted molar refractivity (Wildman–Crippen MR) is 63.6 cm³/mol. The molecular formula is C11H11N5O. The minimum Gasteiger partial charge on any atom is -0.292 e. The van der Waals surface area contributed by atoms with E-state index in [1.807, 2.05) is 0 Å². The number of nitrogens with one attached hydrogen (secondary N) is 2. The van der Waals surface area contributed by atoms with Crippen LogP contribution >= 0.6 is 0 Å². The standard InChI is InChI=1S/C11H11N5O/c1-8-6-12-7-10(14-8)16-11(17)15-9-4-2-3-5-13-9/h2-7H,1H3,(H2,13,14,15,16,17). The van der Waals surface area contributed by atoms with Gasteiger partial charge in [-0.1, -0.05) is 6.07 Å². The number of rotatable bonds is 2. The summed E-state index contributed by atoms with van der Waals surface area (Å²) in [5.41, 5.74) is 0.737. The van der Waals surface area contributed by atoms with E-state index in [2.05, 4.69) is 25.6 Å². The highest BCUT2D eigenvalue weighted by Gasteiger charge is 2.03. The summed E-state index contributed by atoms with van der Waals surface area (Å²) >= 11 is 0. The monoisotopic (exact) mass is 229 g/mol. The Morgan fingerprint density at radius 2 is 2.00 bits per heavy atom. The Morgan fingerprint density at radius 1 is 1.18 bits per heavy atom. The van der Waals surface area contributed by atoms with Gasteiger partial charge < -0.3 is 0 Å². The summed E-state index contributed by atoms with van der Waals surface area (Å²) in [5.74, 6) is 0.879. The van der Waals surface area contributed by atoms with Crippen molar-refractivity contribution in [1.29, 1.82) is 0 Å². The van der Waals surface area contributed by atoms with Crippen LogP contribution < -0.4 is 10.6 Å². The fourth-order valence-corrected chi connectivity index (χ4v) is 1.22. The van der Waals surface area contributed by atoms with Crippen molar-refractivity contribution in [3.05, 3.63) is 42.5 Å². The van der Waals surface area contributed by atoms with Crippen molar-refractivity contribution in [1.82, 2.24) is 15.0 Å². The molecular weight excluding hydrogens is 218 g/mol. The number of urea groups is 1. The van der Waals surface area contributed by atoms with E-state index < -0.39 is 6.03 Å². The minimum absolute atomic E-state index is 0.399. The first-order valence-electron chi connectivity index (χ1n) is 5.02. The molecule has 0 aliphatic heterocycles. The highest BCUT2D eigenvalue weighted by molar-refractivity contribution is 5.98. The Balaban J connectivity index is 1.98. The Labute approximate surface area is 98.1 Å². The van der Waals surface area contributed by atoms with E-state index in [0.29, 0.717) is 11.6 Å². The number of aryl methyl sites for hydroxylation is 1. The Kier molecular flexibility index (Phi) is 3.25. The van der Waals surface area contributed by atoms with Crippen molar-refractivity contribution in [2.75, 3.05) is 10.6 Å². The number of carbonyl (C=O) groups is 1. The van der Waals surface area contributed by atoms with Crippen LogP contribution in [0, 0.1) is 6.92 Å². The highest BCUT2D eigenvalue weighted by Crippen LogP contribution is 2.03. The predicted octanol–water partition coefficient (Wildman–Crippen LogP) is 1.82. The number of aromatic nitrogens is 3. The topological polar surface area (TPSA) is 79.8 Å². The Morgan fingerprint density at radius 3 is 2.71 bits per heavy atom. The molecule has 2 rings (SSSR count). The molecule has 0 fully saturated rings. The molecule has 0 radical (unpaired) electrons. The first kappa shape index (κ1) is 11.0. The van der Waals surface area contributed by atoms with Gasteiger partial charge in [0.25, 0.3) is 0 Å². The van der Waals surface area contributed by atoms with Crippen molar-refractivity contribution < 1.29 is 4.79 Å². The lowest BCUT2D eigenvalue weighted by Crippen LogP contribution is -2.20. The van der Waals surface area contributed by atoms with Crippen molar-refractivity contribution in [3.8, 4) is 0 Å². The molecule has 6 nitrogen and oxygen atoms in total. The van der Waals surface area contributed by atoms with E-state index >= 15 is 0 Å². The molecule has 0 bridgehead atoms. The normalized spacial score (nSPS) is 9.71. The van der Waals surface area contributed by atoms with Crippen LogP contribution in [-0.4, -0.2) is 21.0 Å². The van der Waals surface area contributed by atoms with Gasteiger partial charge in [0.15, 0.2) is 5.82 Å². The maximum absolute atomic E-state index is 11.6. The molecule has 2 amide bonds. The molecule has 2 aromatic rings. The summed E-state index contributed by atoms with van der Waals surface area (Å²) < 4.78 is 0. The molecule has 86 valence electrons. The van der Waals surface area contributed by atoms with E-state index in [1.54, 1.807) is 37.5 Å². The lowest BCUT2D eigenvalue weighted by molar-refractivity contribution is 0.262. The number of hydrogen-bond acceptors (Lipinski definition) is 4. The average Bonchev–Trinajstić information content (AvgIpc) is 2.30. The van der Waals surface area contributed by atoms with Crippen LogP contribution in [0.15, 0.2) is 36.8 Å². The van der Waals surface area contributed by atoms with Crippen molar-refractivity contribution in [2.24, 2.45) is 0 Å². The van der Waals surface area contributed by atoms with E-state index in [-0.39, 0.29) is 0 Å². The number of anilines is 2. The molecule has 2 aromatic heterocycles. The van der Waals surface area contributed by atoms with Gasteiger partial charge in [-0.3, -0.25) is 15.6 Å². The van der Waals surface area contributed by atoms with Crippen LogP contribution in [0.25, 0.3) is 0 Å². The number of carbonyl (C=O) groups excluding carboxylic acids is 1. The second kappa shape index (κ2) is 5.02. The number of hydrogen-bond donors (Lipinski definition) is 2. The molecule has 2 heterocycles. The summed E-state index contributed by atoms with van der Waals surface area (Å²) in [7, 11) is 0. The molecule has 0 saturated heterocycles. The van der Waals surface area contributed by atoms with Crippen molar-refractivity contribution >= 4 is 17.7 Å².